The summed E-state index contributed by atoms with van der Waals surface area (Å²) in [7, 11) is 0. The lowest BCUT2D eigenvalue weighted by Gasteiger charge is -2.00. The number of benzene rings is 1. The SMILES string of the molecule is C/C(=N\N)c1cc([N+](=O)[O-])ccc1F. The Bertz CT molecular complexity index is 404. The summed E-state index contributed by atoms with van der Waals surface area (Å²) in [6, 6.07) is 3.20. The van der Waals surface area contributed by atoms with Crippen LogP contribution in [0.2, 0.25) is 0 Å². The van der Waals surface area contributed by atoms with Crippen molar-refractivity contribution in [2.24, 2.45) is 10.9 Å². The number of nitrogens with two attached hydrogens (primary N) is 1. The highest BCUT2D eigenvalue weighted by Gasteiger charge is 2.12. The molecule has 0 aromatic heterocycles. The van der Waals surface area contributed by atoms with Crippen LogP contribution in [0.4, 0.5) is 10.1 Å². The van der Waals surface area contributed by atoms with Gasteiger partial charge in [-0.2, -0.15) is 5.10 Å². The van der Waals surface area contributed by atoms with Gasteiger partial charge in [-0.3, -0.25) is 10.1 Å². The van der Waals surface area contributed by atoms with Crippen LogP contribution in [-0.4, -0.2) is 10.6 Å². The molecule has 0 aliphatic heterocycles. The van der Waals surface area contributed by atoms with E-state index in [1.807, 2.05) is 0 Å². The van der Waals surface area contributed by atoms with Crippen molar-refractivity contribution < 1.29 is 9.31 Å². The minimum atomic E-state index is -0.604. The summed E-state index contributed by atoms with van der Waals surface area (Å²) in [5.41, 5.74) is 0.0669. The standard InChI is InChI=1S/C8H8FN3O2/c1-5(11-10)7-4-6(12(13)14)2-3-8(7)9/h2-4H,10H2,1H3/b11-5+. The zero-order valence-electron chi connectivity index (χ0n) is 7.40. The maximum atomic E-state index is 13.1. The first-order valence-electron chi connectivity index (χ1n) is 3.75. The zero-order chi connectivity index (χ0) is 10.7. The van der Waals surface area contributed by atoms with E-state index in [2.05, 4.69) is 5.10 Å². The Hall–Kier alpha value is -1.98. The average molecular weight is 197 g/mol. The molecular formula is C8H8FN3O2. The monoisotopic (exact) mass is 197 g/mol. The van der Waals surface area contributed by atoms with Crippen molar-refractivity contribution in [3.63, 3.8) is 0 Å². The smallest absolute Gasteiger partial charge is 0.270 e. The average Bonchev–Trinajstić information content (AvgIpc) is 2.17. The summed E-state index contributed by atoms with van der Waals surface area (Å²) < 4.78 is 13.1. The van der Waals surface area contributed by atoms with Gasteiger partial charge in [0.2, 0.25) is 0 Å². The number of halogens is 1. The highest BCUT2D eigenvalue weighted by atomic mass is 19.1. The molecule has 0 aliphatic carbocycles. The molecule has 0 atom stereocenters. The predicted molar refractivity (Wildman–Crippen MR) is 49.5 cm³/mol. The van der Waals surface area contributed by atoms with Gasteiger partial charge in [-0.15, -0.1) is 0 Å². The van der Waals surface area contributed by atoms with Crippen LogP contribution < -0.4 is 5.84 Å². The Balaban J connectivity index is 3.28. The lowest BCUT2D eigenvalue weighted by Crippen LogP contribution is -2.03. The van der Waals surface area contributed by atoms with Crippen LogP contribution in [-0.2, 0) is 0 Å². The van der Waals surface area contributed by atoms with Gasteiger partial charge in [-0.1, -0.05) is 0 Å². The molecular weight excluding hydrogens is 189 g/mol. The first-order chi connectivity index (χ1) is 6.56. The Morgan fingerprint density at radius 3 is 2.79 bits per heavy atom. The van der Waals surface area contributed by atoms with Gasteiger partial charge in [0.25, 0.3) is 5.69 Å². The van der Waals surface area contributed by atoms with Crippen LogP contribution >= 0.6 is 0 Å². The Labute approximate surface area is 79.2 Å². The maximum absolute atomic E-state index is 13.1. The van der Waals surface area contributed by atoms with Gasteiger partial charge in [-0.25, -0.2) is 4.39 Å². The molecule has 0 bridgehead atoms. The maximum Gasteiger partial charge on any atom is 0.270 e. The summed E-state index contributed by atoms with van der Waals surface area (Å²) in [5, 5.41) is 13.7. The third-order valence-electron chi connectivity index (χ3n) is 1.74. The van der Waals surface area contributed by atoms with Gasteiger partial charge in [0.15, 0.2) is 0 Å². The van der Waals surface area contributed by atoms with E-state index in [0.29, 0.717) is 0 Å². The summed E-state index contributed by atoms with van der Waals surface area (Å²) in [6.45, 7) is 1.47. The van der Waals surface area contributed by atoms with E-state index in [1.165, 1.54) is 6.92 Å². The zero-order valence-corrected chi connectivity index (χ0v) is 7.40. The van der Waals surface area contributed by atoms with Crippen LogP contribution in [0, 0.1) is 15.9 Å². The van der Waals surface area contributed by atoms with E-state index in [1.54, 1.807) is 0 Å². The molecule has 1 aromatic rings. The molecule has 0 radical (unpaired) electrons. The lowest BCUT2D eigenvalue weighted by molar-refractivity contribution is -0.384. The van der Waals surface area contributed by atoms with Crippen molar-refractivity contribution in [1.29, 1.82) is 0 Å². The highest BCUT2D eigenvalue weighted by molar-refractivity contribution is 5.99. The second-order valence-corrected chi connectivity index (χ2v) is 2.64. The molecule has 0 heterocycles. The van der Waals surface area contributed by atoms with E-state index >= 15 is 0 Å². The Morgan fingerprint density at radius 2 is 2.29 bits per heavy atom. The number of non-ortho nitro benzene ring substituents is 1. The third kappa shape index (κ3) is 1.85. The Morgan fingerprint density at radius 1 is 1.64 bits per heavy atom. The van der Waals surface area contributed by atoms with Crippen LogP contribution in [0.3, 0.4) is 0 Å². The van der Waals surface area contributed by atoms with Crippen molar-refractivity contribution in [3.8, 4) is 0 Å². The summed E-state index contributed by atoms with van der Waals surface area (Å²) in [4.78, 5) is 9.78. The second-order valence-electron chi connectivity index (χ2n) is 2.64. The fourth-order valence-corrected chi connectivity index (χ4v) is 0.974. The fraction of sp³-hybridized carbons (Fsp3) is 0.125. The van der Waals surface area contributed by atoms with Crippen LogP contribution in [0.5, 0.6) is 0 Å². The molecule has 0 fully saturated rings. The van der Waals surface area contributed by atoms with Crippen LogP contribution in [0.1, 0.15) is 12.5 Å². The molecule has 2 N–H and O–H groups in total. The molecule has 0 aliphatic rings. The summed E-state index contributed by atoms with van der Waals surface area (Å²) in [6.07, 6.45) is 0. The molecule has 0 amide bonds. The number of rotatable bonds is 2. The van der Waals surface area contributed by atoms with E-state index in [4.69, 9.17) is 5.84 Å². The minimum absolute atomic E-state index is 0.0432. The third-order valence-corrected chi connectivity index (χ3v) is 1.74. The fourth-order valence-electron chi connectivity index (χ4n) is 0.974. The Kier molecular flexibility index (Phi) is 2.76. The van der Waals surface area contributed by atoms with E-state index in [-0.39, 0.29) is 17.0 Å². The van der Waals surface area contributed by atoms with E-state index < -0.39 is 10.7 Å². The normalized spacial score (nSPS) is 11.4. The lowest BCUT2D eigenvalue weighted by atomic mass is 10.1. The molecule has 14 heavy (non-hydrogen) atoms. The number of nitro benzene ring substituents is 1. The number of hydrogen-bond acceptors (Lipinski definition) is 4. The van der Waals surface area contributed by atoms with Gasteiger partial charge in [0.1, 0.15) is 5.82 Å². The van der Waals surface area contributed by atoms with E-state index in [0.717, 1.165) is 18.2 Å². The van der Waals surface area contributed by atoms with Crippen molar-refractivity contribution in [2.75, 3.05) is 0 Å². The molecule has 0 saturated heterocycles. The highest BCUT2D eigenvalue weighted by Crippen LogP contribution is 2.17. The molecule has 1 rings (SSSR count). The first kappa shape index (κ1) is 10.1. The number of nitrogens with zero attached hydrogens (tertiary/aromatic N) is 2. The van der Waals surface area contributed by atoms with Crippen molar-refractivity contribution in [1.82, 2.24) is 0 Å². The first-order valence-corrected chi connectivity index (χ1v) is 3.75. The molecule has 74 valence electrons. The van der Waals surface area contributed by atoms with Gasteiger partial charge in [0.05, 0.1) is 10.6 Å². The number of hydrazone groups is 1. The largest absolute Gasteiger partial charge is 0.323 e. The topological polar surface area (TPSA) is 81.5 Å². The van der Waals surface area contributed by atoms with Crippen molar-refractivity contribution in [3.05, 3.63) is 39.7 Å². The molecule has 0 saturated carbocycles. The van der Waals surface area contributed by atoms with Gasteiger partial charge < -0.3 is 5.84 Å². The summed E-state index contributed by atoms with van der Waals surface area (Å²) >= 11 is 0. The van der Waals surface area contributed by atoms with Gasteiger partial charge in [0, 0.05) is 17.7 Å². The second kappa shape index (κ2) is 3.82. The molecule has 5 nitrogen and oxygen atoms in total. The molecule has 0 unspecified atom stereocenters. The molecule has 0 spiro atoms. The molecule has 6 heteroatoms. The number of nitro groups is 1. The quantitative estimate of drug-likeness (QED) is 0.337. The number of hydrogen-bond donors (Lipinski definition) is 1. The van der Waals surface area contributed by atoms with Gasteiger partial charge in [-0.05, 0) is 13.0 Å². The van der Waals surface area contributed by atoms with Crippen LogP contribution in [0.25, 0.3) is 0 Å². The van der Waals surface area contributed by atoms with Crippen molar-refractivity contribution in [2.45, 2.75) is 6.92 Å². The van der Waals surface area contributed by atoms with Crippen LogP contribution in [0.15, 0.2) is 23.3 Å². The van der Waals surface area contributed by atoms with E-state index in [9.17, 15) is 14.5 Å². The summed E-state index contributed by atoms with van der Waals surface area (Å²) in [5.74, 6) is 4.37. The molecule has 1 aromatic carbocycles. The predicted octanol–water partition coefficient (Wildman–Crippen LogP) is 1.42. The van der Waals surface area contributed by atoms with Crippen molar-refractivity contribution >= 4 is 11.4 Å². The van der Waals surface area contributed by atoms with Gasteiger partial charge >= 0.3 is 0 Å². The minimum Gasteiger partial charge on any atom is -0.323 e.